The molecule has 1 aromatic carbocycles. The van der Waals surface area contributed by atoms with Gasteiger partial charge in [0.25, 0.3) is 0 Å². The molecule has 2 atom stereocenters. The monoisotopic (exact) mass is 500 g/mol. The third kappa shape index (κ3) is 3.78. The highest BCUT2D eigenvalue weighted by atomic mass is 32.2. The van der Waals surface area contributed by atoms with Crippen LogP contribution >= 0.6 is 23.1 Å². The van der Waals surface area contributed by atoms with Gasteiger partial charge in [0, 0.05) is 10.3 Å². The molecule has 7 nitrogen and oxygen atoms in total. The van der Waals surface area contributed by atoms with Crippen LogP contribution in [0, 0.1) is 5.92 Å². The van der Waals surface area contributed by atoms with Crippen molar-refractivity contribution < 1.29 is 32.3 Å². The van der Waals surface area contributed by atoms with E-state index in [1.54, 1.807) is 20.8 Å². The van der Waals surface area contributed by atoms with Gasteiger partial charge in [0.15, 0.2) is 0 Å². The molecule has 0 spiro atoms. The van der Waals surface area contributed by atoms with Crippen LogP contribution in [0.15, 0.2) is 34.1 Å². The SMILES string of the molecule is CCOC(=O)Cn1c2c(sc1=O)C(C)(C)C1C(=O)N(c3cccc(C(F)(F)F)c3)C(=O)C1S2. The highest BCUT2D eigenvalue weighted by Gasteiger charge is 2.59. The summed E-state index contributed by atoms with van der Waals surface area (Å²) in [6.45, 7) is 4.88. The molecule has 0 radical (unpaired) electrons. The molecule has 1 aromatic heterocycles. The van der Waals surface area contributed by atoms with Crippen molar-refractivity contribution in [2.45, 2.75) is 49.2 Å². The van der Waals surface area contributed by atoms with Gasteiger partial charge in [0.1, 0.15) is 11.8 Å². The van der Waals surface area contributed by atoms with Crippen LogP contribution in [0.4, 0.5) is 18.9 Å². The van der Waals surface area contributed by atoms with E-state index in [9.17, 15) is 32.3 Å². The zero-order chi connectivity index (χ0) is 24.3. The van der Waals surface area contributed by atoms with E-state index in [0.717, 1.165) is 46.2 Å². The average molecular weight is 501 g/mol. The number of rotatable bonds is 4. The molecule has 12 heteroatoms. The van der Waals surface area contributed by atoms with Gasteiger partial charge < -0.3 is 4.74 Å². The van der Waals surface area contributed by atoms with Crippen LogP contribution in [-0.2, 0) is 37.3 Å². The number of imide groups is 1. The van der Waals surface area contributed by atoms with Gasteiger partial charge in [-0.05, 0) is 25.1 Å². The summed E-state index contributed by atoms with van der Waals surface area (Å²) in [6.07, 6.45) is -4.63. The number of hydrogen-bond acceptors (Lipinski definition) is 7. The second kappa shape index (κ2) is 8.01. The third-order valence-corrected chi connectivity index (χ3v) is 8.55. The van der Waals surface area contributed by atoms with E-state index >= 15 is 0 Å². The van der Waals surface area contributed by atoms with Gasteiger partial charge in [-0.2, -0.15) is 13.2 Å². The van der Waals surface area contributed by atoms with Crippen molar-refractivity contribution in [1.29, 1.82) is 0 Å². The van der Waals surface area contributed by atoms with Gasteiger partial charge in [-0.25, -0.2) is 4.90 Å². The molecule has 0 bridgehead atoms. The molecule has 1 fully saturated rings. The molecule has 2 aliphatic heterocycles. The lowest BCUT2D eigenvalue weighted by Crippen LogP contribution is -2.41. The van der Waals surface area contributed by atoms with Crippen molar-refractivity contribution in [2.24, 2.45) is 5.92 Å². The van der Waals surface area contributed by atoms with Crippen molar-refractivity contribution in [3.8, 4) is 0 Å². The Morgan fingerprint density at radius 2 is 1.88 bits per heavy atom. The summed E-state index contributed by atoms with van der Waals surface area (Å²) in [6, 6.07) is 4.07. The summed E-state index contributed by atoms with van der Waals surface area (Å²) in [5.41, 5.74) is -2.08. The molecule has 4 rings (SSSR count). The second-order valence-electron chi connectivity index (χ2n) is 8.19. The van der Waals surface area contributed by atoms with Crippen LogP contribution in [0.2, 0.25) is 0 Å². The standard InChI is InChI=1S/C21H19F3N2O5S2/c1-4-31-12(27)9-25-18-15(33-19(25)30)20(2,3)13-14(32-18)17(29)26(16(13)28)11-7-5-6-10(8-11)21(22,23)24/h5-8,13-14H,4,9H2,1-3H3. The molecule has 3 heterocycles. The zero-order valence-corrected chi connectivity index (χ0v) is 19.4. The van der Waals surface area contributed by atoms with Gasteiger partial charge >= 0.3 is 17.0 Å². The number of aromatic nitrogens is 1. The fourth-order valence-corrected chi connectivity index (χ4v) is 7.22. The molecular weight excluding hydrogens is 481 g/mol. The van der Waals surface area contributed by atoms with E-state index in [1.165, 1.54) is 10.6 Å². The van der Waals surface area contributed by atoms with Crippen LogP contribution < -0.4 is 9.77 Å². The van der Waals surface area contributed by atoms with E-state index in [0.29, 0.717) is 9.90 Å². The Balaban J connectivity index is 1.75. The minimum Gasteiger partial charge on any atom is -0.465 e. The highest BCUT2D eigenvalue weighted by Crippen LogP contribution is 2.54. The molecule has 2 aromatic rings. The van der Waals surface area contributed by atoms with E-state index in [4.69, 9.17) is 4.74 Å². The smallest absolute Gasteiger partial charge is 0.416 e. The molecule has 2 aliphatic rings. The van der Waals surface area contributed by atoms with E-state index in [-0.39, 0.29) is 18.8 Å². The van der Waals surface area contributed by atoms with Crippen LogP contribution in [0.1, 0.15) is 31.2 Å². The Bertz CT molecular complexity index is 1220. The average Bonchev–Trinajstić information content (AvgIpc) is 3.17. The maximum absolute atomic E-state index is 13.3. The number of thiazole rings is 1. The number of nitrogens with zero attached hydrogens (tertiary/aromatic N) is 2. The highest BCUT2D eigenvalue weighted by molar-refractivity contribution is 8.00. The third-order valence-electron chi connectivity index (χ3n) is 5.73. The van der Waals surface area contributed by atoms with Crippen molar-refractivity contribution in [3.63, 3.8) is 0 Å². The fraction of sp³-hybridized carbons (Fsp3) is 0.429. The van der Waals surface area contributed by atoms with E-state index in [2.05, 4.69) is 0 Å². The van der Waals surface area contributed by atoms with E-state index < -0.39 is 51.0 Å². The minimum atomic E-state index is -4.63. The number of hydrogen-bond donors (Lipinski definition) is 0. The van der Waals surface area contributed by atoms with Gasteiger partial charge in [-0.3, -0.25) is 23.7 Å². The maximum Gasteiger partial charge on any atom is 0.416 e. The molecule has 2 amide bonds. The Hall–Kier alpha value is -2.60. The zero-order valence-electron chi connectivity index (χ0n) is 17.8. The molecule has 0 saturated carbocycles. The molecule has 1 saturated heterocycles. The lowest BCUT2D eigenvalue weighted by Gasteiger charge is -2.36. The second-order valence-corrected chi connectivity index (χ2v) is 10.3. The Morgan fingerprint density at radius 1 is 1.18 bits per heavy atom. The molecule has 0 N–H and O–H groups in total. The van der Waals surface area contributed by atoms with Crippen LogP contribution in [0.25, 0.3) is 0 Å². The van der Waals surface area contributed by atoms with Gasteiger partial charge in [0.2, 0.25) is 11.8 Å². The Labute approximate surface area is 194 Å². The fourth-order valence-electron chi connectivity index (χ4n) is 4.18. The molecule has 176 valence electrons. The number of thioether (sulfide) groups is 1. The van der Waals surface area contributed by atoms with Gasteiger partial charge in [0.05, 0.1) is 28.8 Å². The predicted octanol–water partition coefficient (Wildman–Crippen LogP) is 3.43. The molecule has 33 heavy (non-hydrogen) atoms. The van der Waals surface area contributed by atoms with Crippen LogP contribution in [0.5, 0.6) is 0 Å². The Kier molecular flexibility index (Phi) is 5.72. The maximum atomic E-state index is 13.3. The number of carbonyl (C=O) groups is 3. The van der Waals surface area contributed by atoms with Crippen molar-refractivity contribution in [2.75, 3.05) is 11.5 Å². The lowest BCUT2D eigenvalue weighted by atomic mass is 9.76. The Morgan fingerprint density at radius 3 is 2.52 bits per heavy atom. The molecule has 2 unspecified atom stereocenters. The first-order valence-electron chi connectivity index (χ1n) is 9.99. The normalized spacial score (nSPS) is 21.7. The van der Waals surface area contributed by atoms with Crippen LogP contribution in [-0.4, -0.2) is 34.2 Å². The first kappa shape index (κ1) is 23.6. The number of alkyl halides is 3. The number of amides is 2. The van der Waals surface area contributed by atoms with Crippen LogP contribution in [0.3, 0.4) is 0 Å². The first-order chi connectivity index (χ1) is 15.4. The van der Waals surface area contributed by atoms with Gasteiger partial charge in [-0.1, -0.05) is 43.0 Å². The summed E-state index contributed by atoms with van der Waals surface area (Å²) in [5, 5.41) is -0.548. The summed E-state index contributed by atoms with van der Waals surface area (Å²) >= 11 is 1.88. The first-order valence-corrected chi connectivity index (χ1v) is 11.7. The van der Waals surface area contributed by atoms with E-state index in [1.807, 2.05) is 0 Å². The minimum absolute atomic E-state index is 0.141. The quantitative estimate of drug-likeness (QED) is 0.472. The number of carbonyl (C=O) groups excluding carboxylic acids is 3. The molecule has 0 aliphatic carbocycles. The number of anilines is 1. The topological polar surface area (TPSA) is 85.7 Å². The van der Waals surface area contributed by atoms with Crippen molar-refractivity contribution >= 4 is 46.6 Å². The number of benzene rings is 1. The number of ether oxygens (including phenoxy) is 1. The van der Waals surface area contributed by atoms with Gasteiger partial charge in [-0.15, -0.1) is 0 Å². The lowest BCUT2D eigenvalue weighted by molar-refractivity contribution is -0.144. The largest absolute Gasteiger partial charge is 0.465 e. The summed E-state index contributed by atoms with van der Waals surface area (Å²) in [4.78, 5) is 52.2. The summed E-state index contributed by atoms with van der Waals surface area (Å²) in [7, 11) is 0. The summed E-state index contributed by atoms with van der Waals surface area (Å²) < 4.78 is 45.7. The van der Waals surface area contributed by atoms with Crippen molar-refractivity contribution in [1.82, 2.24) is 4.57 Å². The number of halogens is 3. The van der Waals surface area contributed by atoms with Crippen molar-refractivity contribution in [3.05, 3.63) is 44.4 Å². The number of fused-ring (bicyclic) bond motifs is 2. The molecular formula is C21H19F3N2O5S2. The number of esters is 1. The summed E-state index contributed by atoms with van der Waals surface area (Å²) in [5.74, 6) is -2.77. The predicted molar refractivity (Wildman–Crippen MR) is 115 cm³/mol.